The number of ether oxygens (including phenoxy) is 1. The standard InChI is InChI=1S/C17H19N3O2S/c1-4-5-20-9-19-11-6-10-7-12-15(18-8-17(2,3)22-12)23-14(10)13(11)16(20)21/h4,9,18H,1,5-8H2,2-3H3. The average Bonchev–Trinajstić information content (AvgIpc) is 2.85. The molecular formula is C17H19N3O2S. The number of hydrogen-bond acceptors (Lipinski definition) is 5. The number of hydrogen-bond donors (Lipinski definition) is 1. The fourth-order valence-electron chi connectivity index (χ4n) is 3.19. The third-order valence-electron chi connectivity index (χ3n) is 4.28. The Morgan fingerprint density at radius 1 is 1.52 bits per heavy atom. The Balaban J connectivity index is 1.72. The highest BCUT2D eigenvalue weighted by atomic mass is 32.2. The third-order valence-corrected chi connectivity index (χ3v) is 5.55. The lowest BCUT2D eigenvalue weighted by atomic mass is 10.1. The highest BCUT2D eigenvalue weighted by molar-refractivity contribution is 8.11. The van der Waals surface area contributed by atoms with Gasteiger partial charge in [0.2, 0.25) is 0 Å². The molecule has 0 saturated heterocycles. The number of thioether (sulfide) groups is 1. The van der Waals surface area contributed by atoms with Gasteiger partial charge in [-0.1, -0.05) is 17.8 Å². The molecule has 1 N–H and O–H groups in total. The Hall–Kier alpha value is -1.95. The maximum atomic E-state index is 12.7. The molecule has 0 saturated carbocycles. The van der Waals surface area contributed by atoms with Gasteiger partial charge < -0.3 is 10.1 Å². The zero-order valence-electron chi connectivity index (χ0n) is 13.3. The van der Waals surface area contributed by atoms with Crippen molar-refractivity contribution >= 4 is 16.7 Å². The summed E-state index contributed by atoms with van der Waals surface area (Å²) in [5.74, 6) is 0.990. The van der Waals surface area contributed by atoms with Crippen molar-refractivity contribution in [2.45, 2.75) is 38.8 Å². The van der Waals surface area contributed by atoms with Crippen LogP contribution in [0.2, 0.25) is 0 Å². The zero-order chi connectivity index (χ0) is 16.2. The summed E-state index contributed by atoms with van der Waals surface area (Å²) in [5.41, 5.74) is 2.70. The van der Waals surface area contributed by atoms with E-state index in [0.29, 0.717) is 6.54 Å². The second-order valence-corrected chi connectivity index (χ2v) is 7.69. The summed E-state index contributed by atoms with van der Waals surface area (Å²) >= 11 is 1.61. The smallest absolute Gasteiger partial charge is 0.262 e. The molecule has 0 unspecified atom stereocenters. The fourth-order valence-corrected chi connectivity index (χ4v) is 4.36. The van der Waals surface area contributed by atoms with Crippen LogP contribution in [-0.4, -0.2) is 21.7 Å². The zero-order valence-corrected chi connectivity index (χ0v) is 14.1. The van der Waals surface area contributed by atoms with Crippen LogP contribution in [0.25, 0.3) is 4.91 Å². The molecule has 0 fully saturated rings. The van der Waals surface area contributed by atoms with Crippen molar-refractivity contribution in [2.75, 3.05) is 6.54 Å². The highest BCUT2D eigenvalue weighted by Gasteiger charge is 2.37. The van der Waals surface area contributed by atoms with Crippen LogP contribution < -0.4 is 10.9 Å². The molecule has 23 heavy (non-hydrogen) atoms. The van der Waals surface area contributed by atoms with Crippen molar-refractivity contribution in [2.24, 2.45) is 0 Å². The minimum Gasteiger partial charge on any atom is -0.487 e. The molecule has 3 heterocycles. The van der Waals surface area contributed by atoms with Gasteiger partial charge in [-0.3, -0.25) is 9.36 Å². The molecule has 0 bridgehead atoms. The van der Waals surface area contributed by atoms with E-state index >= 15 is 0 Å². The van der Waals surface area contributed by atoms with Gasteiger partial charge in [0, 0.05) is 24.3 Å². The summed E-state index contributed by atoms with van der Waals surface area (Å²) in [6.45, 7) is 9.11. The van der Waals surface area contributed by atoms with E-state index in [4.69, 9.17) is 4.74 Å². The van der Waals surface area contributed by atoms with Crippen LogP contribution in [0.5, 0.6) is 0 Å². The van der Waals surface area contributed by atoms with E-state index in [9.17, 15) is 4.79 Å². The second-order valence-electron chi connectivity index (χ2n) is 6.67. The summed E-state index contributed by atoms with van der Waals surface area (Å²) in [7, 11) is 0. The van der Waals surface area contributed by atoms with Crippen LogP contribution >= 0.6 is 11.8 Å². The Morgan fingerprint density at radius 2 is 2.35 bits per heavy atom. The minimum atomic E-state index is -0.197. The molecule has 1 aromatic heterocycles. The normalized spacial score (nSPS) is 21.1. The summed E-state index contributed by atoms with van der Waals surface area (Å²) in [6, 6.07) is 0. The third kappa shape index (κ3) is 2.32. The molecule has 0 spiro atoms. The van der Waals surface area contributed by atoms with Crippen LogP contribution in [-0.2, 0) is 17.7 Å². The summed E-state index contributed by atoms with van der Waals surface area (Å²) in [5, 5.41) is 4.49. The molecule has 2 aliphatic heterocycles. The van der Waals surface area contributed by atoms with Crippen LogP contribution in [0.4, 0.5) is 0 Å². The van der Waals surface area contributed by atoms with Crippen molar-refractivity contribution in [1.29, 1.82) is 0 Å². The molecule has 5 nitrogen and oxygen atoms in total. The van der Waals surface area contributed by atoms with Crippen molar-refractivity contribution in [1.82, 2.24) is 14.9 Å². The summed E-state index contributed by atoms with van der Waals surface area (Å²) in [6.07, 6.45) is 4.83. The topological polar surface area (TPSA) is 56.2 Å². The maximum Gasteiger partial charge on any atom is 0.262 e. The lowest BCUT2D eigenvalue weighted by Crippen LogP contribution is -2.42. The van der Waals surface area contributed by atoms with Gasteiger partial charge in [-0.15, -0.1) is 6.58 Å². The van der Waals surface area contributed by atoms with Gasteiger partial charge in [-0.2, -0.15) is 0 Å². The Morgan fingerprint density at radius 3 is 3.13 bits per heavy atom. The van der Waals surface area contributed by atoms with E-state index < -0.39 is 0 Å². The number of allylic oxidation sites excluding steroid dienone is 2. The van der Waals surface area contributed by atoms with Crippen molar-refractivity contribution in [3.05, 3.63) is 57.0 Å². The molecule has 6 heteroatoms. The largest absolute Gasteiger partial charge is 0.487 e. The number of fused-ring (bicyclic) bond motifs is 2. The predicted octanol–water partition coefficient (Wildman–Crippen LogP) is 2.40. The lowest BCUT2D eigenvalue weighted by molar-refractivity contribution is 0.0202. The van der Waals surface area contributed by atoms with Gasteiger partial charge in [-0.05, 0) is 19.4 Å². The second kappa shape index (κ2) is 5.03. The van der Waals surface area contributed by atoms with Gasteiger partial charge in [0.1, 0.15) is 16.4 Å². The first-order valence-electron chi connectivity index (χ1n) is 7.74. The highest BCUT2D eigenvalue weighted by Crippen LogP contribution is 2.49. The molecule has 3 aliphatic rings. The van der Waals surface area contributed by atoms with E-state index in [1.54, 1.807) is 28.7 Å². The molecule has 0 aromatic carbocycles. The molecule has 1 aliphatic carbocycles. The molecule has 0 amide bonds. The summed E-state index contributed by atoms with van der Waals surface area (Å²) in [4.78, 5) is 18.3. The Kier molecular flexibility index (Phi) is 3.20. The van der Waals surface area contributed by atoms with Crippen molar-refractivity contribution in [3.8, 4) is 0 Å². The van der Waals surface area contributed by atoms with Crippen LogP contribution in [0.3, 0.4) is 0 Å². The van der Waals surface area contributed by atoms with Gasteiger partial charge in [0.25, 0.3) is 5.56 Å². The minimum absolute atomic E-state index is 0.0218. The van der Waals surface area contributed by atoms with E-state index in [2.05, 4.69) is 30.7 Å². The van der Waals surface area contributed by atoms with Gasteiger partial charge >= 0.3 is 0 Å². The number of rotatable bonds is 2. The summed E-state index contributed by atoms with van der Waals surface area (Å²) < 4.78 is 7.73. The fraction of sp³-hybridized carbons (Fsp3) is 0.412. The molecule has 4 rings (SSSR count). The average molecular weight is 329 g/mol. The monoisotopic (exact) mass is 329 g/mol. The van der Waals surface area contributed by atoms with Crippen molar-refractivity contribution < 1.29 is 4.74 Å². The Bertz CT molecular complexity index is 833. The van der Waals surface area contributed by atoms with E-state index in [1.807, 2.05) is 0 Å². The first kappa shape index (κ1) is 14.6. The SMILES string of the molecule is C=CCn1cnc2c(c1=O)C1=C(CC3=C(NCC(C)(C)O3)S1)C2. The number of nitrogens with zero attached hydrogens (tertiary/aromatic N) is 2. The van der Waals surface area contributed by atoms with Crippen LogP contribution in [0.15, 0.2) is 40.1 Å². The number of aromatic nitrogens is 2. The van der Waals surface area contributed by atoms with Crippen LogP contribution in [0.1, 0.15) is 31.5 Å². The first-order valence-corrected chi connectivity index (χ1v) is 8.55. The lowest BCUT2D eigenvalue weighted by Gasteiger charge is -2.37. The molecule has 1 aromatic rings. The molecular weight excluding hydrogens is 310 g/mol. The Labute approximate surface area is 139 Å². The van der Waals surface area contributed by atoms with Crippen molar-refractivity contribution in [3.63, 3.8) is 0 Å². The van der Waals surface area contributed by atoms with Gasteiger partial charge in [0.15, 0.2) is 0 Å². The van der Waals surface area contributed by atoms with Gasteiger partial charge in [0.05, 0.1) is 24.1 Å². The maximum absolute atomic E-state index is 12.7. The van der Waals surface area contributed by atoms with Crippen LogP contribution in [0, 0.1) is 0 Å². The number of nitrogens with one attached hydrogen (secondary N) is 1. The molecule has 0 radical (unpaired) electrons. The van der Waals surface area contributed by atoms with E-state index in [0.717, 1.165) is 46.3 Å². The predicted molar refractivity (Wildman–Crippen MR) is 91.7 cm³/mol. The van der Waals surface area contributed by atoms with E-state index in [-0.39, 0.29) is 11.2 Å². The molecule has 120 valence electrons. The van der Waals surface area contributed by atoms with E-state index in [1.165, 1.54) is 5.57 Å². The first-order chi connectivity index (χ1) is 11.0. The molecule has 0 atom stereocenters. The quantitative estimate of drug-likeness (QED) is 0.845. The van der Waals surface area contributed by atoms with Gasteiger partial charge in [-0.25, -0.2) is 4.98 Å².